The van der Waals surface area contributed by atoms with E-state index < -0.39 is 0 Å². The molecular formula is C18H25ClN2S. The molecule has 0 amide bonds. The van der Waals surface area contributed by atoms with Crippen molar-refractivity contribution in [3.63, 3.8) is 0 Å². The van der Waals surface area contributed by atoms with E-state index in [1.54, 1.807) is 21.7 Å². The van der Waals surface area contributed by atoms with Crippen LogP contribution in [-0.4, -0.2) is 30.6 Å². The van der Waals surface area contributed by atoms with Crippen LogP contribution >= 0.6 is 24.2 Å². The maximum atomic E-state index is 3.74. The zero-order chi connectivity index (χ0) is 14.0. The van der Waals surface area contributed by atoms with Gasteiger partial charge in [-0.15, -0.1) is 24.2 Å². The van der Waals surface area contributed by atoms with Crippen LogP contribution in [0.25, 0.3) is 0 Å². The maximum absolute atomic E-state index is 3.74. The standard InChI is InChI=1S/C18H24N2S.ClH/c1-11-3-6-13-15-10-19-9-14(12-4-5-12)16(15)20-7-2-8-21-18(11)17(13)20;/h2,8,11-12,14,16,19H,3-7,9-10H2,1H3;1H. The van der Waals surface area contributed by atoms with Crippen LogP contribution in [0.15, 0.2) is 33.2 Å². The van der Waals surface area contributed by atoms with Gasteiger partial charge in [0.1, 0.15) is 0 Å². The highest BCUT2D eigenvalue weighted by Crippen LogP contribution is 2.53. The second kappa shape index (κ2) is 5.61. The second-order valence-corrected chi connectivity index (χ2v) is 8.32. The number of hydrogen-bond acceptors (Lipinski definition) is 3. The molecule has 3 atom stereocenters. The average molecular weight is 337 g/mol. The number of allylic oxidation sites excluding steroid dienone is 2. The van der Waals surface area contributed by atoms with Gasteiger partial charge < -0.3 is 10.2 Å². The molecule has 4 heteroatoms. The van der Waals surface area contributed by atoms with E-state index in [0.29, 0.717) is 6.04 Å². The topological polar surface area (TPSA) is 15.3 Å². The van der Waals surface area contributed by atoms with Crippen molar-refractivity contribution in [1.29, 1.82) is 0 Å². The zero-order valence-electron chi connectivity index (χ0n) is 13.2. The third-order valence-electron chi connectivity index (χ3n) is 6.08. The Kier molecular flexibility index (Phi) is 3.87. The van der Waals surface area contributed by atoms with Crippen LogP contribution in [0.3, 0.4) is 0 Å². The second-order valence-electron chi connectivity index (χ2n) is 7.38. The third kappa shape index (κ3) is 2.12. The molecule has 3 unspecified atom stereocenters. The highest BCUT2D eigenvalue weighted by molar-refractivity contribution is 8.05. The number of nitrogens with one attached hydrogen (secondary N) is 1. The van der Waals surface area contributed by atoms with E-state index in [-0.39, 0.29) is 12.4 Å². The molecule has 1 N–H and O–H groups in total. The van der Waals surface area contributed by atoms with Gasteiger partial charge in [-0.25, -0.2) is 0 Å². The SMILES string of the molecule is CC1CCC2=C3CNCC(C4CC4)C3N3CC=CSC1=C23.Cl. The number of rotatable bonds is 1. The molecule has 0 bridgehead atoms. The third-order valence-corrected chi connectivity index (χ3v) is 7.26. The van der Waals surface area contributed by atoms with Crippen LogP contribution in [0, 0.1) is 17.8 Å². The molecule has 1 saturated carbocycles. The summed E-state index contributed by atoms with van der Waals surface area (Å²) in [7, 11) is 0. The molecule has 22 heavy (non-hydrogen) atoms. The van der Waals surface area contributed by atoms with Crippen LogP contribution in [0.2, 0.25) is 0 Å². The minimum absolute atomic E-state index is 0. The fourth-order valence-electron chi connectivity index (χ4n) is 4.92. The van der Waals surface area contributed by atoms with E-state index in [1.807, 2.05) is 11.8 Å². The highest BCUT2D eigenvalue weighted by Gasteiger charge is 2.49. The van der Waals surface area contributed by atoms with Gasteiger partial charge in [0.05, 0.1) is 11.7 Å². The molecule has 3 aliphatic heterocycles. The average Bonchev–Trinajstić information content (AvgIpc) is 3.30. The van der Waals surface area contributed by atoms with Gasteiger partial charge in [0.15, 0.2) is 0 Å². The molecule has 1 saturated heterocycles. The van der Waals surface area contributed by atoms with Gasteiger partial charge in [0.25, 0.3) is 0 Å². The molecule has 0 aromatic heterocycles. The van der Waals surface area contributed by atoms with Gasteiger partial charge in [0.2, 0.25) is 0 Å². The molecule has 2 nitrogen and oxygen atoms in total. The summed E-state index contributed by atoms with van der Waals surface area (Å²) >= 11 is 2.00. The zero-order valence-corrected chi connectivity index (χ0v) is 14.8. The summed E-state index contributed by atoms with van der Waals surface area (Å²) in [5, 5.41) is 6.08. The van der Waals surface area contributed by atoms with Crippen molar-refractivity contribution >= 4 is 24.2 Å². The molecule has 0 aromatic carbocycles. The number of thioether (sulfide) groups is 1. The summed E-state index contributed by atoms with van der Waals surface area (Å²) in [5.74, 6) is 2.58. The first-order chi connectivity index (χ1) is 10.3. The number of piperidine rings is 1. The van der Waals surface area contributed by atoms with Crippen LogP contribution in [0.1, 0.15) is 32.6 Å². The monoisotopic (exact) mass is 336 g/mol. The fourth-order valence-corrected chi connectivity index (χ4v) is 5.95. The maximum Gasteiger partial charge on any atom is 0.0568 e. The lowest BCUT2D eigenvalue weighted by Gasteiger charge is -2.39. The Labute approximate surface area is 143 Å². The Morgan fingerprint density at radius 2 is 2.14 bits per heavy atom. The first kappa shape index (κ1) is 15.2. The number of fused-ring (bicyclic) bond motifs is 2. The Bertz CT molecular complexity index is 576. The van der Waals surface area contributed by atoms with Crippen LogP contribution in [0.5, 0.6) is 0 Å². The van der Waals surface area contributed by atoms with E-state index in [9.17, 15) is 0 Å². The van der Waals surface area contributed by atoms with E-state index in [1.165, 1.54) is 32.2 Å². The van der Waals surface area contributed by atoms with E-state index in [0.717, 1.165) is 30.8 Å². The van der Waals surface area contributed by atoms with Crippen molar-refractivity contribution < 1.29 is 0 Å². The molecule has 0 spiro atoms. The lowest BCUT2D eigenvalue weighted by atomic mass is 9.83. The molecule has 5 rings (SSSR count). The first-order valence-corrected chi connectivity index (χ1v) is 9.48. The predicted molar refractivity (Wildman–Crippen MR) is 96.0 cm³/mol. The smallest absolute Gasteiger partial charge is 0.0568 e. The van der Waals surface area contributed by atoms with Gasteiger partial charge in [-0.2, -0.15) is 0 Å². The van der Waals surface area contributed by atoms with Gasteiger partial charge in [-0.05, 0) is 60.0 Å². The molecule has 5 aliphatic rings. The first-order valence-electron chi connectivity index (χ1n) is 8.60. The molecular weight excluding hydrogens is 312 g/mol. The molecule has 3 heterocycles. The van der Waals surface area contributed by atoms with Crippen molar-refractivity contribution in [3.8, 4) is 0 Å². The molecule has 120 valence electrons. The van der Waals surface area contributed by atoms with E-state index >= 15 is 0 Å². The lowest BCUT2D eigenvalue weighted by Crippen LogP contribution is -2.48. The molecule has 2 fully saturated rings. The molecule has 0 aromatic rings. The van der Waals surface area contributed by atoms with E-state index in [2.05, 4.69) is 28.6 Å². The normalized spacial score (nSPS) is 36.8. The van der Waals surface area contributed by atoms with Gasteiger partial charge in [-0.3, -0.25) is 0 Å². The molecule has 2 aliphatic carbocycles. The van der Waals surface area contributed by atoms with Crippen LogP contribution < -0.4 is 5.32 Å². The van der Waals surface area contributed by atoms with Crippen molar-refractivity contribution in [2.24, 2.45) is 17.8 Å². The number of halogens is 1. The predicted octanol–water partition coefficient (Wildman–Crippen LogP) is 3.92. The van der Waals surface area contributed by atoms with Gasteiger partial charge in [0, 0.05) is 24.5 Å². The summed E-state index contributed by atoms with van der Waals surface area (Å²) in [6, 6.07) is 0.715. The largest absolute Gasteiger partial charge is 0.360 e. The quantitative estimate of drug-likeness (QED) is 0.781. The lowest BCUT2D eigenvalue weighted by molar-refractivity contribution is 0.204. The Morgan fingerprint density at radius 3 is 2.95 bits per heavy atom. The Morgan fingerprint density at radius 1 is 1.27 bits per heavy atom. The minimum atomic E-state index is 0. The summed E-state index contributed by atoms with van der Waals surface area (Å²) in [5.41, 5.74) is 5.13. The number of nitrogens with zero attached hydrogens (tertiary/aromatic N) is 1. The van der Waals surface area contributed by atoms with E-state index in [4.69, 9.17) is 0 Å². The summed E-state index contributed by atoms with van der Waals surface area (Å²) in [6.07, 6.45) is 7.97. The Hall–Kier alpha value is -0.380. The summed E-state index contributed by atoms with van der Waals surface area (Å²) in [6.45, 7) is 5.92. The van der Waals surface area contributed by atoms with Gasteiger partial charge >= 0.3 is 0 Å². The van der Waals surface area contributed by atoms with Crippen molar-refractivity contribution in [2.75, 3.05) is 19.6 Å². The van der Waals surface area contributed by atoms with Crippen LogP contribution in [-0.2, 0) is 0 Å². The highest BCUT2D eigenvalue weighted by atomic mass is 35.5. The minimum Gasteiger partial charge on any atom is -0.360 e. The fraction of sp³-hybridized carbons (Fsp3) is 0.667. The number of hydrogen-bond donors (Lipinski definition) is 1. The molecule has 0 radical (unpaired) electrons. The Balaban J connectivity index is 0.00000125. The van der Waals surface area contributed by atoms with Crippen molar-refractivity contribution in [2.45, 2.75) is 38.6 Å². The summed E-state index contributed by atoms with van der Waals surface area (Å²) in [4.78, 5) is 4.44. The van der Waals surface area contributed by atoms with Crippen LogP contribution in [0.4, 0.5) is 0 Å². The van der Waals surface area contributed by atoms with Crippen molar-refractivity contribution in [3.05, 3.63) is 33.2 Å². The summed E-state index contributed by atoms with van der Waals surface area (Å²) < 4.78 is 0. The van der Waals surface area contributed by atoms with Crippen molar-refractivity contribution in [1.82, 2.24) is 10.2 Å². The van der Waals surface area contributed by atoms with Gasteiger partial charge in [-0.1, -0.05) is 13.0 Å².